The Kier molecular flexibility index (Phi) is 6.01. The molecular formula is C13H19NW. The molecule has 0 heterocycles. The Morgan fingerprint density at radius 3 is 2.67 bits per heavy atom. The summed E-state index contributed by atoms with van der Waals surface area (Å²) in [6, 6.07) is 0. The van der Waals surface area contributed by atoms with Crippen LogP contribution in [0, 0.1) is 5.92 Å². The molecule has 0 saturated heterocycles. The molecule has 0 aromatic carbocycles. The van der Waals surface area contributed by atoms with E-state index in [-0.39, 0.29) is 0 Å². The van der Waals surface area contributed by atoms with E-state index in [0.717, 1.165) is 11.6 Å². The molecule has 0 aromatic rings. The van der Waals surface area contributed by atoms with E-state index < -0.39 is 0 Å². The van der Waals surface area contributed by atoms with Gasteiger partial charge >= 0.3 is 104 Å². The summed E-state index contributed by atoms with van der Waals surface area (Å²) in [5, 5.41) is 0. The third kappa shape index (κ3) is 4.84. The van der Waals surface area contributed by atoms with Crippen molar-refractivity contribution in [1.29, 1.82) is 0 Å². The van der Waals surface area contributed by atoms with Crippen molar-refractivity contribution in [2.75, 3.05) is 0 Å². The molecular weight excluding hydrogens is 354 g/mol. The molecule has 1 aliphatic rings. The second-order valence-electron chi connectivity index (χ2n) is 4.08. The second-order valence-corrected chi connectivity index (χ2v) is 6.28. The van der Waals surface area contributed by atoms with Crippen LogP contribution in [0.2, 0.25) is 0 Å². The van der Waals surface area contributed by atoms with Gasteiger partial charge in [0.05, 0.1) is 0 Å². The molecule has 0 N–H and O–H groups in total. The molecule has 2 heteroatoms. The molecule has 1 nitrogen and oxygen atoms in total. The second kappa shape index (κ2) is 7.06. The van der Waals surface area contributed by atoms with Gasteiger partial charge in [0.15, 0.2) is 0 Å². The molecule has 0 spiro atoms. The van der Waals surface area contributed by atoms with Gasteiger partial charge in [0, 0.05) is 0 Å². The van der Waals surface area contributed by atoms with E-state index in [0.29, 0.717) is 0 Å². The number of rotatable bonds is 5. The molecule has 0 aliphatic heterocycles. The van der Waals surface area contributed by atoms with Crippen LogP contribution in [0.5, 0.6) is 0 Å². The van der Waals surface area contributed by atoms with E-state index >= 15 is 0 Å². The summed E-state index contributed by atoms with van der Waals surface area (Å²) in [6.45, 7) is 5.68. The zero-order chi connectivity index (χ0) is 11.1. The maximum absolute atomic E-state index is 4.00. The van der Waals surface area contributed by atoms with Crippen LogP contribution in [0.1, 0.15) is 39.0 Å². The van der Waals surface area contributed by atoms with E-state index in [1.165, 1.54) is 55.4 Å². The minimum absolute atomic E-state index is 0.937. The molecule has 0 amide bonds. The topological polar surface area (TPSA) is 12.4 Å². The Balaban J connectivity index is 2.36. The monoisotopic (exact) mass is 373 g/mol. The van der Waals surface area contributed by atoms with Crippen LogP contribution in [0.4, 0.5) is 0 Å². The van der Waals surface area contributed by atoms with Gasteiger partial charge in [0.1, 0.15) is 0 Å². The van der Waals surface area contributed by atoms with Crippen molar-refractivity contribution in [1.82, 2.24) is 0 Å². The number of nitrogens with zero attached hydrogens (tertiary/aromatic N) is 1. The average molecular weight is 373 g/mol. The molecule has 0 bridgehead atoms. The van der Waals surface area contributed by atoms with Crippen LogP contribution in [0.3, 0.4) is 0 Å². The molecule has 1 aliphatic carbocycles. The summed E-state index contributed by atoms with van der Waals surface area (Å²) in [6.07, 6.45) is 13.4. The summed E-state index contributed by atoms with van der Waals surface area (Å²) in [7, 11) is 0. The third-order valence-electron chi connectivity index (χ3n) is 2.87. The molecule has 1 fully saturated rings. The average Bonchev–Trinajstić information content (AvgIpc) is 2.70. The van der Waals surface area contributed by atoms with Gasteiger partial charge in [-0.15, -0.1) is 0 Å². The van der Waals surface area contributed by atoms with Crippen LogP contribution in [-0.2, 0) is 19.4 Å². The first-order valence-corrected chi connectivity index (χ1v) is 7.05. The van der Waals surface area contributed by atoms with Crippen molar-refractivity contribution in [3.05, 3.63) is 23.9 Å². The van der Waals surface area contributed by atoms with Crippen LogP contribution in [0.25, 0.3) is 0 Å². The quantitative estimate of drug-likeness (QED) is 0.517. The van der Waals surface area contributed by atoms with Crippen molar-refractivity contribution in [2.45, 2.75) is 39.0 Å². The SMILES string of the molecule is C=NC(=CC=CCC1CCCC1)[C](C)=[W]. The minimum atomic E-state index is 0.937. The predicted octanol–water partition coefficient (Wildman–Crippen LogP) is 3.45. The molecule has 0 radical (unpaired) electrons. The van der Waals surface area contributed by atoms with Crippen LogP contribution < -0.4 is 0 Å². The maximum atomic E-state index is 4.00. The van der Waals surface area contributed by atoms with Gasteiger partial charge in [-0.05, 0) is 0 Å². The van der Waals surface area contributed by atoms with E-state index in [4.69, 9.17) is 0 Å². The number of allylic oxidation sites excluding steroid dienone is 4. The first kappa shape index (κ1) is 12.8. The Morgan fingerprint density at radius 2 is 2.13 bits per heavy atom. The van der Waals surface area contributed by atoms with Crippen molar-refractivity contribution in [2.24, 2.45) is 10.9 Å². The summed E-state index contributed by atoms with van der Waals surface area (Å²) < 4.78 is 1.30. The van der Waals surface area contributed by atoms with Gasteiger partial charge in [-0.25, -0.2) is 0 Å². The summed E-state index contributed by atoms with van der Waals surface area (Å²) >= 11 is 1.47. The van der Waals surface area contributed by atoms with Crippen molar-refractivity contribution in [3.8, 4) is 0 Å². The van der Waals surface area contributed by atoms with Gasteiger partial charge in [-0.1, -0.05) is 0 Å². The van der Waals surface area contributed by atoms with Gasteiger partial charge in [-0.3, -0.25) is 0 Å². The Morgan fingerprint density at radius 1 is 1.47 bits per heavy atom. The molecule has 0 atom stereocenters. The molecule has 0 unspecified atom stereocenters. The molecule has 82 valence electrons. The number of hydrogen-bond donors (Lipinski definition) is 0. The Labute approximate surface area is 104 Å². The number of hydrogen-bond acceptors (Lipinski definition) is 1. The molecule has 1 saturated carbocycles. The fourth-order valence-corrected chi connectivity index (χ4v) is 2.43. The van der Waals surface area contributed by atoms with Crippen molar-refractivity contribution >= 4 is 10.6 Å². The zero-order valence-electron chi connectivity index (χ0n) is 9.41. The fraction of sp³-hybridized carbons (Fsp3) is 0.538. The van der Waals surface area contributed by atoms with Crippen molar-refractivity contribution < 1.29 is 19.4 Å². The standard InChI is InChI=1S/C13H19N.W/c1-3-13(14-2)11-7-6-10-12-8-4-5-9-12;/h6-7,11-12H,2,4-5,8-10H2,1H3;. The van der Waals surface area contributed by atoms with E-state index in [2.05, 4.69) is 36.9 Å². The first-order chi connectivity index (χ1) is 7.24. The summed E-state index contributed by atoms with van der Waals surface area (Å²) in [5.41, 5.74) is 1.03. The normalized spacial score (nSPS) is 18.6. The number of aliphatic imine (C=N–C) groups is 1. The first-order valence-electron chi connectivity index (χ1n) is 5.58. The van der Waals surface area contributed by atoms with E-state index in [9.17, 15) is 0 Å². The third-order valence-corrected chi connectivity index (χ3v) is 3.62. The summed E-state index contributed by atoms with van der Waals surface area (Å²) in [4.78, 5) is 4.00. The molecule has 0 aromatic heterocycles. The van der Waals surface area contributed by atoms with Crippen LogP contribution in [-0.4, -0.2) is 10.6 Å². The van der Waals surface area contributed by atoms with Gasteiger partial charge in [0.2, 0.25) is 0 Å². The van der Waals surface area contributed by atoms with Crippen LogP contribution >= 0.6 is 0 Å². The predicted molar refractivity (Wildman–Crippen MR) is 64.0 cm³/mol. The Bertz CT molecular complexity index is 283. The van der Waals surface area contributed by atoms with Gasteiger partial charge < -0.3 is 0 Å². The van der Waals surface area contributed by atoms with E-state index in [1.54, 1.807) is 0 Å². The fourth-order valence-electron chi connectivity index (χ4n) is 1.96. The Hall–Kier alpha value is -0.292. The van der Waals surface area contributed by atoms with Crippen LogP contribution in [0.15, 0.2) is 28.9 Å². The van der Waals surface area contributed by atoms with E-state index in [1.807, 2.05) is 0 Å². The van der Waals surface area contributed by atoms with Gasteiger partial charge in [0.25, 0.3) is 0 Å². The van der Waals surface area contributed by atoms with Crippen molar-refractivity contribution in [3.63, 3.8) is 0 Å². The zero-order valence-corrected chi connectivity index (χ0v) is 12.3. The van der Waals surface area contributed by atoms with Gasteiger partial charge in [-0.2, -0.15) is 0 Å². The molecule has 15 heavy (non-hydrogen) atoms. The molecule has 1 rings (SSSR count). The summed E-state index contributed by atoms with van der Waals surface area (Å²) in [5.74, 6) is 0.937.